The second kappa shape index (κ2) is 10.0. The summed E-state index contributed by atoms with van der Waals surface area (Å²) in [5.74, 6) is 2.36. The third-order valence-electron chi connectivity index (χ3n) is 8.12. The summed E-state index contributed by atoms with van der Waals surface area (Å²) < 4.78 is 6.71. The predicted molar refractivity (Wildman–Crippen MR) is 137 cm³/mol. The Morgan fingerprint density at radius 2 is 2.09 bits per heavy atom. The Labute approximate surface area is 204 Å². The summed E-state index contributed by atoms with van der Waals surface area (Å²) in [7, 11) is 0. The molecule has 1 aromatic rings. The van der Waals surface area contributed by atoms with Crippen LogP contribution in [0.15, 0.2) is 52.7 Å². The van der Waals surface area contributed by atoms with Gasteiger partial charge in [0.2, 0.25) is 0 Å². The van der Waals surface area contributed by atoms with Crippen LogP contribution < -0.4 is 0 Å². The number of thioether (sulfide) groups is 1. The van der Waals surface area contributed by atoms with Gasteiger partial charge in [0.15, 0.2) is 5.16 Å². The molecule has 1 aliphatic heterocycles. The van der Waals surface area contributed by atoms with Crippen molar-refractivity contribution in [2.24, 2.45) is 23.2 Å². The van der Waals surface area contributed by atoms with Gasteiger partial charge in [-0.15, -0.1) is 0 Å². The summed E-state index contributed by atoms with van der Waals surface area (Å²) in [6.07, 6.45) is 18.7. The summed E-state index contributed by atoms with van der Waals surface area (Å²) in [6, 6.07) is 0. The first-order valence-corrected chi connectivity index (χ1v) is 13.8. The molecule has 1 saturated heterocycles. The Morgan fingerprint density at radius 3 is 2.82 bits per heavy atom. The Morgan fingerprint density at radius 1 is 1.27 bits per heavy atom. The molecule has 2 unspecified atom stereocenters. The van der Waals surface area contributed by atoms with E-state index >= 15 is 0 Å². The van der Waals surface area contributed by atoms with Crippen molar-refractivity contribution in [1.82, 2.24) is 9.97 Å². The van der Waals surface area contributed by atoms with Crippen molar-refractivity contribution in [3.63, 3.8) is 0 Å². The molecule has 33 heavy (non-hydrogen) atoms. The van der Waals surface area contributed by atoms with Gasteiger partial charge in [0, 0.05) is 24.1 Å². The summed E-state index contributed by atoms with van der Waals surface area (Å²) in [6.45, 7) is 11.4. The highest BCUT2D eigenvalue weighted by Crippen LogP contribution is 2.53. The van der Waals surface area contributed by atoms with Crippen molar-refractivity contribution >= 4 is 11.8 Å². The van der Waals surface area contributed by atoms with E-state index < -0.39 is 0 Å². The molecule has 1 fully saturated rings. The van der Waals surface area contributed by atoms with Gasteiger partial charge in [-0.25, -0.2) is 4.98 Å². The number of allylic oxidation sites excluding steroid dienone is 3. The smallest absolute Gasteiger partial charge is 0.165 e. The number of unbranched alkanes of at least 4 members (excludes halogenated alkanes) is 3. The maximum atomic E-state index is 11.3. The molecule has 5 heteroatoms. The van der Waals surface area contributed by atoms with Crippen LogP contribution >= 0.6 is 11.8 Å². The zero-order valence-corrected chi connectivity index (χ0v) is 21.9. The van der Waals surface area contributed by atoms with Gasteiger partial charge in [0.05, 0.1) is 17.5 Å². The van der Waals surface area contributed by atoms with Gasteiger partial charge < -0.3 is 14.8 Å². The Bertz CT molecular complexity index is 897. The van der Waals surface area contributed by atoms with Crippen LogP contribution in [0.4, 0.5) is 0 Å². The molecule has 2 heterocycles. The van der Waals surface area contributed by atoms with E-state index in [0.29, 0.717) is 17.6 Å². The van der Waals surface area contributed by atoms with Gasteiger partial charge >= 0.3 is 0 Å². The second-order valence-corrected chi connectivity index (χ2v) is 12.3. The second-order valence-electron chi connectivity index (χ2n) is 11.4. The van der Waals surface area contributed by atoms with E-state index in [2.05, 4.69) is 62.8 Å². The minimum absolute atomic E-state index is 0.0479. The van der Waals surface area contributed by atoms with Crippen LogP contribution in [0.2, 0.25) is 0 Å². The number of H-pyrrole nitrogens is 1. The quantitative estimate of drug-likeness (QED) is 0.221. The van der Waals surface area contributed by atoms with Crippen LogP contribution in [0.1, 0.15) is 79.6 Å². The fraction of sp³-hybridized carbons (Fsp3) is 0.679. The van der Waals surface area contributed by atoms with Gasteiger partial charge in [0.1, 0.15) is 0 Å². The van der Waals surface area contributed by atoms with E-state index in [1.165, 1.54) is 36.8 Å². The zero-order valence-electron chi connectivity index (χ0n) is 21.1. The standard InChI is InChI=1S/C28H42N2O2S/c1-6-7-8-9-12-27(2,3)20-16-23(31)25-21-15-19(18-33-26-29-13-14-30-26)10-11-22(21)28(4,5)32-24(25)17-20/h10,13-14,16-17,21-22,24-25,31H,6-9,11-12,15,18H2,1-5H3,(H,29,30)/t21?,22-,24?,25+/m0/s1. The molecule has 0 radical (unpaired) electrons. The number of nitrogens with zero attached hydrogens (tertiary/aromatic N) is 1. The third-order valence-corrected chi connectivity index (χ3v) is 9.13. The van der Waals surface area contributed by atoms with E-state index in [1.54, 1.807) is 18.0 Å². The number of aliphatic hydroxyl groups is 1. The molecule has 1 aromatic heterocycles. The number of aliphatic hydroxyl groups excluding tert-OH is 1. The summed E-state index contributed by atoms with van der Waals surface area (Å²) in [5, 5.41) is 12.3. The number of hydrogen-bond acceptors (Lipinski definition) is 4. The van der Waals surface area contributed by atoms with Crippen LogP contribution in [0.3, 0.4) is 0 Å². The first-order valence-electron chi connectivity index (χ1n) is 12.8. The summed E-state index contributed by atoms with van der Waals surface area (Å²) >= 11 is 1.76. The number of aromatic nitrogens is 2. The Kier molecular flexibility index (Phi) is 7.50. The molecule has 2 aliphatic carbocycles. The lowest BCUT2D eigenvalue weighted by molar-refractivity contribution is -0.177. The molecular formula is C28H42N2O2S. The van der Waals surface area contributed by atoms with Crippen molar-refractivity contribution in [1.29, 1.82) is 0 Å². The van der Waals surface area contributed by atoms with E-state index in [4.69, 9.17) is 4.74 Å². The van der Waals surface area contributed by atoms with E-state index in [9.17, 15) is 5.11 Å². The molecule has 182 valence electrons. The van der Waals surface area contributed by atoms with Crippen molar-refractivity contribution < 1.29 is 9.84 Å². The lowest BCUT2D eigenvalue weighted by atomic mass is 9.61. The molecule has 0 amide bonds. The highest BCUT2D eigenvalue weighted by Gasteiger charge is 2.52. The van der Waals surface area contributed by atoms with Crippen molar-refractivity contribution in [2.45, 2.75) is 96.4 Å². The van der Waals surface area contributed by atoms with Crippen molar-refractivity contribution in [2.75, 3.05) is 5.75 Å². The van der Waals surface area contributed by atoms with Crippen LogP contribution in [-0.2, 0) is 4.74 Å². The van der Waals surface area contributed by atoms with E-state index in [-0.39, 0.29) is 23.0 Å². The number of ether oxygens (including phenoxy) is 1. The molecule has 2 N–H and O–H groups in total. The van der Waals surface area contributed by atoms with Gasteiger partial charge in [-0.2, -0.15) is 0 Å². The van der Waals surface area contributed by atoms with Gasteiger partial charge in [-0.1, -0.05) is 75.9 Å². The maximum absolute atomic E-state index is 11.3. The minimum Gasteiger partial charge on any atom is -0.512 e. The lowest BCUT2D eigenvalue weighted by Gasteiger charge is -2.53. The first kappa shape index (κ1) is 24.7. The minimum atomic E-state index is -0.202. The van der Waals surface area contributed by atoms with Crippen LogP contribution in [0.25, 0.3) is 0 Å². The predicted octanol–water partition coefficient (Wildman–Crippen LogP) is 7.63. The average Bonchev–Trinajstić information content (AvgIpc) is 3.28. The summed E-state index contributed by atoms with van der Waals surface area (Å²) in [4.78, 5) is 7.54. The third kappa shape index (κ3) is 5.45. The monoisotopic (exact) mass is 470 g/mol. The van der Waals surface area contributed by atoms with E-state index in [1.807, 2.05) is 6.20 Å². The molecule has 4 nitrogen and oxygen atoms in total. The molecule has 4 rings (SSSR count). The number of hydrogen-bond donors (Lipinski definition) is 2. The maximum Gasteiger partial charge on any atom is 0.165 e. The fourth-order valence-corrected chi connectivity index (χ4v) is 6.95. The first-order chi connectivity index (χ1) is 15.7. The topological polar surface area (TPSA) is 58.1 Å². The van der Waals surface area contributed by atoms with E-state index in [0.717, 1.165) is 30.2 Å². The van der Waals surface area contributed by atoms with Gasteiger partial charge in [0.25, 0.3) is 0 Å². The number of imidazole rings is 1. The zero-order chi connectivity index (χ0) is 23.6. The lowest BCUT2D eigenvalue weighted by Crippen LogP contribution is -2.54. The largest absolute Gasteiger partial charge is 0.512 e. The van der Waals surface area contributed by atoms with Crippen molar-refractivity contribution in [3.8, 4) is 0 Å². The Hall–Kier alpha value is -1.46. The molecule has 4 atom stereocenters. The molecule has 0 saturated carbocycles. The van der Waals surface area contributed by atoms with Gasteiger partial charge in [-0.3, -0.25) is 0 Å². The van der Waals surface area contributed by atoms with Crippen LogP contribution in [-0.4, -0.2) is 32.5 Å². The normalized spacial score (nSPS) is 28.9. The Balaban J connectivity index is 1.50. The highest BCUT2D eigenvalue weighted by atomic mass is 32.2. The molecule has 0 bridgehead atoms. The van der Waals surface area contributed by atoms with Gasteiger partial charge in [-0.05, 0) is 62.0 Å². The molecule has 0 spiro atoms. The number of fused-ring (bicyclic) bond motifs is 3. The average molecular weight is 471 g/mol. The molecule has 3 aliphatic rings. The van der Waals surface area contributed by atoms with Crippen molar-refractivity contribution in [3.05, 3.63) is 47.5 Å². The summed E-state index contributed by atoms with van der Waals surface area (Å²) in [5.41, 5.74) is 2.56. The van der Waals surface area contributed by atoms with Crippen LogP contribution in [0, 0.1) is 23.2 Å². The van der Waals surface area contributed by atoms with Crippen LogP contribution in [0.5, 0.6) is 0 Å². The fourth-order valence-electron chi connectivity index (χ4n) is 6.10. The molecule has 0 aromatic carbocycles. The SMILES string of the molecule is CCCCCCC(C)(C)C1=CC2OC(C)(C)[C@H]3CC=C(CSc4ncc[nH]4)CC3[C@@H]2C(O)=C1. The number of rotatable bonds is 9. The number of nitrogens with one attached hydrogen (secondary N) is 1. The highest BCUT2D eigenvalue weighted by molar-refractivity contribution is 7.99. The molecular weight excluding hydrogens is 428 g/mol. The number of aromatic amines is 1.